The van der Waals surface area contributed by atoms with Crippen molar-refractivity contribution in [2.75, 3.05) is 13.6 Å². The molecule has 0 aromatic carbocycles. The van der Waals surface area contributed by atoms with E-state index in [2.05, 4.69) is 16.4 Å². The van der Waals surface area contributed by atoms with Gasteiger partial charge in [0.1, 0.15) is 0 Å². The molecule has 1 aliphatic carbocycles. The maximum Gasteiger partial charge on any atom is 0.0609 e. The van der Waals surface area contributed by atoms with Crippen LogP contribution in [0.4, 0.5) is 0 Å². The van der Waals surface area contributed by atoms with Gasteiger partial charge in [-0.3, -0.25) is 4.99 Å². The van der Waals surface area contributed by atoms with Gasteiger partial charge in [0.05, 0.1) is 6.54 Å². The van der Waals surface area contributed by atoms with Crippen LogP contribution < -0.4 is 5.32 Å². The van der Waals surface area contributed by atoms with Crippen LogP contribution >= 0.6 is 11.6 Å². The minimum absolute atomic E-state index is 0.769. The number of likely N-dealkylation sites (N-methyl/N-ethyl adjacent to an activating group) is 1. The Kier molecular flexibility index (Phi) is 3.62. The Balaban J connectivity index is 2.38. The van der Waals surface area contributed by atoms with Crippen molar-refractivity contribution >= 4 is 17.8 Å². The molecule has 0 spiro atoms. The van der Waals surface area contributed by atoms with Crippen molar-refractivity contribution in [3.8, 4) is 0 Å². The number of halogens is 1. The van der Waals surface area contributed by atoms with Crippen molar-refractivity contribution in [3.63, 3.8) is 0 Å². The lowest BCUT2D eigenvalue weighted by Crippen LogP contribution is -2.10. The molecule has 0 aromatic heterocycles. The fraction of sp³-hybridized carbons (Fsp3) is 0.308. The minimum atomic E-state index is 0.769. The highest BCUT2D eigenvalue weighted by Gasteiger charge is 2.12. The third-order valence-corrected chi connectivity index (χ3v) is 3.07. The number of nitrogens with one attached hydrogen (secondary N) is 1. The van der Waals surface area contributed by atoms with E-state index in [1.807, 2.05) is 31.5 Å². The molecule has 1 aliphatic heterocycles. The zero-order valence-corrected chi connectivity index (χ0v) is 10.1. The average Bonchev–Trinajstić information content (AvgIpc) is 2.46. The van der Waals surface area contributed by atoms with E-state index in [1.54, 1.807) is 0 Å². The van der Waals surface area contributed by atoms with E-state index in [4.69, 9.17) is 11.6 Å². The molecule has 0 fully saturated rings. The normalized spacial score (nSPS) is 25.6. The summed E-state index contributed by atoms with van der Waals surface area (Å²) in [5.74, 6) is 0. The van der Waals surface area contributed by atoms with Crippen molar-refractivity contribution in [2.24, 2.45) is 4.99 Å². The number of nitrogens with zero attached hydrogens (tertiary/aromatic N) is 1. The maximum absolute atomic E-state index is 6.02. The molecule has 0 saturated heterocycles. The van der Waals surface area contributed by atoms with E-state index in [1.165, 1.54) is 11.1 Å². The lowest BCUT2D eigenvalue weighted by molar-refractivity contribution is 0.936. The Morgan fingerprint density at radius 3 is 3.06 bits per heavy atom. The second kappa shape index (κ2) is 5.17. The molecule has 1 N–H and O–H groups in total. The third kappa shape index (κ3) is 2.45. The van der Waals surface area contributed by atoms with Crippen LogP contribution in [0.25, 0.3) is 0 Å². The van der Waals surface area contributed by atoms with Gasteiger partial charge in [-0.25, -0.2) is 0 Å². The fourth-order valence-corrected chi connectivity index (χ4v) is 2.10. The summed E-state index contributed by atoms with van der Waals surface area (Å²) in [6.07, 6.45) is 11.8. The summed E-state index contributed by atoms with van der Waals surface area (Å²) >= 11 is 6.02. The largest absolute Gasteiger partial charge is 0.388 e. The average molecular weight is 235 g/mol. The van der Waals surface area contributed by atoms with E-state index in [0.29, 0.717) is 0 Å². The zero-order chi connectivity index (χ0) is 11.4. The number of rotatable bonds is 1. The second-order valence-corrected chi connectivity index (χ2v) is 4.24. The van der Waals surface area contributed by atoms with Gasteiger partial charge in [0.25, 0.3) is 0 Å². The molecule has 2 rings (SSSR count). The van der Waals surface area contributed by atoms with Gasteiger partial charge in [-0.2, -0.15) is 0 Å². The monoisotopic (exact) mass is 234 g/mol. The van der Waals surface area contributed by atoms with Crippen LogP contribution in [0.15, 0.2) is 51.2 Å². The van der Waals surface area contributed by atoms with Crippen molar-refractivity contribution < 1.29 is 0 Å². The predicted octanol–water partition coefficient (Wildman–Crippen LogP) is 2.94. The Bertz CT molecular complexity index is 425. The van der Waals surface area contributed by atoms with Gasteiger partial charge in [-0.1, -0.05) is 23.8 Å². The quantitative estimate of drug-likeness (QED) is 0.741. The molecule has 84 valence electrons. The van der Waals surface area contributed by atoms with E-state index in [9.17, 15) is 0 Å². The summed E-state index contributed by atoms with van der Waals surface area (Å²) in [7, 11) is 1.95. The van der Waals surface area contributed by atoms with Crippen LogP contribution in [0.5, 0.6) is 0 Å². The molecule has 16 heavy (non-hydrogen) atoms. The highest BCUT2D eigenvalue weighted by atomic mass is 35.5. The van der Waals surface area contributed by atoms with Crippen molar-refractivity contribution in [1.82, 2.24) is 5.32 Å². The van der Waals surface area contributed by atoms with Crippen LogP contribution in [-0.2, 0) is 0 Å². The van der Waals surface area contributed by atoms with Crippen LogP contribution in [0.3, 0.4) is 0 Å². The molecule has 0 amide bonds. The number of aliphatic imine (C=N–C) groups is 1. The molecule has 1 heterocycles. The fourth-order valence-electron chi connectivity index (χ4n) is 1.93. The molecular formula is C13H15ClN2. The van der Waals surface area contributed by atoms with Gasteiger partial charge in [-0.15, -0.1) is 0 Å². The van der Waals surface area contributed by atoms with E-state index < -0.39 is 0 Å². The Hall–Kier alpha value is -1.28. The molecule has 2 nitrogen and oxygen atoms in total. The van der Waals surface area contributed by atoms with Gasteiger partial charge in [0.15, 0.2) is 0 Å². The molecule has 3 heteroatoms. The summed E-state index contributed by atoms with van der Waals surface area (Å²) < 4.78 is 0. The van der Waals surface area contributed by atoms with Crippen LogP contribution in [-0.4, -0.2) is 19.8 Å². The highest BCUT2D eigenvalue weighted by Crippen LogP contribution is 2.25. The van der Waals surface area contributed by atoms with Gasteiger partial charge < -0.3 is 5.32 Å². The number of hydrogen-bond donors (Lipinski definition) is 1. The first-order valence-electron chi connectivity index (χ1n) is 5.42. The summed E-state index contributed by atoms with van der Waals surface area (Å²) in [5.41, 5.74) is 3.85. The molecule has 2 aliphatic rings. The second-order valence-electron chi connectivity index (χ2n) is 3.80. The lowest BCUT2D eigenvalue weighted by atomic mass is 9.97. The summed E-state index contributed by atoms with van der Waals surface area (Å²) in [6, 6.07) is 0. The maximum atomic E-state index is 6.02. The smallest absolute Gasteiger partial charge is 0.0609 e. The molecule has 0 atom stereocenters. The summed E-state index contributed by atoms with van der Waals surface area (Å²) in [5, 5.41) is 4.04. The lowest BCUT2D eigenvalue weighted by Gasteiger charge is -2.15. The first-order chi connectivity index (χ1) is 7.81. The van der Waals surface area contributed by atoms with Crippen molar-refractivity contribution in [1.29, 1.82) is 0 Å². The van der Waals surface area contributed by atoms with Crippen LogP contribution in [0, 0.1) is 0 Å². The zero-order valence-electron chi connectivity index (χ0n) is 9.33. The molecular weight excluding hydrogens is 220 g/mol. The predicted molar refractivity (Wildman–Crippen MR) is 69.8 cm³/mol. The Labute approximate surface area is 101 Å². The summed E-state index contributed by atoms with van der Waals surface area (Å²) in [6.45, 7) is 0.769. The first kappa shape index (κ1) is 11.2. The third-order valence-electron chi connectivity index (χ3n) is 2.79. The molecule has 0 unspecified atom stereocenters. The Morgan fingerprint density at radius 1 is 1.38 bits per heavy atom. The van der Waals surface area contributed by atoms with Crippen LogP contribution in [0.2, 0.25) is 0 Å². The molecule has 0 bridgehead atoms. The molecule has 0 aromatic rings. The van der Waals surface area contributed by atoms with Gasteiger partial charge in [0.2, 0.25) is 0 Å². The summed E-state index contributed by atoms with van der Waals surface area (Å²) in [4.78, 5) is 4.36. The van der Waals surface area contributed by atoms with E-state index >= 15 is 0 Å². The highest BCUT2D eigenvalue weighted by molar-refractivity contribution is 6.31. The molecule has 0 saturated carbocycles. The Morgan fingerprint density at radius 2 is 2.25 bits per heavy atom. The van der Waals surface area contributed by atoms with Crippen molar-refractivity contribution in [3.05, 3.63) is 46.2 Å². The topological polar surface area (TPSA) is 24.4 Å². The molecule has 0 radical (unpaired) electrons. The minimum Gasteiger partial charge on any atom is -0.388 e. The standard InChI is InChI=1S/C13H15ClN2/c1-15-13-7-8-16-9-10-5-6-11(14)3-2-4-12(10)13/h2-3,6-8,15H,4-5,9H2,1H3/b3-2-,11-6+. The number of allylic oxidation sites excluding steroid dienone is 6. The SMILES string of the molecule is CNC1=CC=NCC2=C1C/C=C\C(Cl)=C/C2. The number of hydrogen-bond acceptors (Lipinski definition) is 2. The van der Waals surface area contributed by atoms with Gasteiger partial charge >= 0.3 is 0 Å². The van der Waals surface area contributed by atoms with E-state index in [-0.39, 0.29) is 0 Å². The van der Waals surface area contributed by atoms with Gasteiger partial charge in [-0.05, 0) is 36.1 Å². The van der Waals surface area contributed by atoms with Crippen molar-refractivity contribution in [2.45, 2.75) is 12.8 Å². The van der Waals surface area contributed by atoms with E-state index in [0.717, 1.165) is 30.1 Å². The van der Waals surface area contributed by atoms with Gasteiger partial charge in [0, 0.05) is 24.0 Å². The first-order valence-corrected chi connectivity index (χ1v) is 5.80. The van der Waals surface area contributed by atoms with Crippen LogP contribution in [0.1, 0.15) is 12.8 Å².